The fourth-order valence-electron chi connectivity index (χ4n) is 2.14. The topological polar surface area (TPSA) is 62.3 Å². The van der Waals surface area contributed by atoms with Gasteiger partial charge in [-0.1, -0.05) is 28.1 Å². The van der Waals surface area contributed by atoms with Crippen molar-refractivity contribution in [1.82, 2.24) is 10.3 Å². The van der Waals surface area contributed by atoms with Crippen LogP contribution < -0.4 is 10.2 Å². The third-order valence-corrected chi connectivity index (χ3v) is 3.73. The average Bonchev–Trinajstić information content (AvgIpc) is 2.39. The summed E-state index contributed by atoms with van der Waals surface area (Å²) in [5.74, 6) is -0.240. The predicted octanol–water partition coefficient (Wildman–Crippen LogP) is 2.44. The molecule has 0 unspecified atom stereocenters. The summed E-state index contributed by atoms with van der Waals surface area (Å²) >= 11 is 3.47. The van der Waals surface area contributed by atoms with E-state index in [0.29, 0.717) is 18.7 Å². The number of urea groups is 1. The van der Waals surface area contributed by atoms with Crippen LogP contribution in [0.2, 0.25) is 0 Å². The number of hydrogen-bond donors (Lipinski definition) is 1. The van der Waals surface area contributed by atoms with E-state index in [1.165, 1.54) is 0 Å². The van der Waals surface area contributed by atoms with E-state index < -0.39 is 6.03 Å². The Morgan fingerprint density at radius 1 is 1.26 bits per heavy atom. The number of nitrogens with one attached hydrogen (secondary N) is 1. The van der Waals surface area contributed by atoms with Crippen molar-refractivity contribution in [2.75, 3.05) is 11.4 Å². The molecule has 0 bridgehead atoms. The van der Waals surface area contributed by atoms with Gasteiger partial charge in [-0.2, -0.15) is 0 Å². The maximum absolute atomic E-state index is 11.9. The van der Waals surface area contributed by atoms with Crippen molar-refractivity contribution in [2.45, 2.75) is 6.42 Å². The molecule has 0 radical (unpaired) electrons. The Hall–Kier alpha value is -1.95. The number of hydrogen-bond acceptors (Lipinski definition) is 3. The Morgan fingerprint density at radius 3 is 2.89 bits per heavy atom. The summed E-state index contributed by atoms with van der Waals surface area (Å²) in [6, 6.07) is 7.09. The molecule has 19 heavy (non-hydrogen) atoms. The van der Waals surface area contributed by atoms with E-state index >= 15 is 0 Å². The second kappa shape index (κ2) is 4.62. The molecule has 1 N–H and O–H groups in total. The van der Waals surface area contributed by atoms with Gasteiger partial charge in [-0.25, -0.2) is 4.79 Å². The molecule has 96 valence electrons. The highest BCUT2D eigenvalue weighted by Crippen LogP contribution is 2.30. The average molecular weight is 320 g/mol. The first kappa shape index (κ1) is 12.1. The molecule has 3 amide bonds. The Labute approximate surface area is 117 Å². The minimum atomic E-state index is -0.398. The number of fused-ring (bicyclic) bond motifs is 1. The molecule has 1 aromatic heterocycles. The fraction of sp³-hybridized carbons (Fsp3) is 0.154. The van der Waals surface area contributed by atoms with Gasteiger partial charge in [0.1, 0.15) is 0 Å². The summed E-state index contributed by atoms with van der Waals surface area (Å²) < 4.78 is 0.924. The zero-order valence-electron chi connectivity index (χ0n) is 9.89. The number of carbonyl (C=O) groups is 2. The Kier molecular flexibility index (Phi) is 2.94. The van der Waals surface area contributed by atoms with Crippen molar-refractivity contribution in [2.24, 2.45) is 0 Å². The van der Waals surface area contributed by atoms with Crippen molar-refractivity contribution in [3.05, 3.63) is 34.9 Å². The zero-order chi connectivity index (χ0) is 13.4. The maximum Gasteiger partial charge on any atom is 0.328 e. The fourth-order valence-corrected chi connectivity index (χ4v) is 2.58. The second-order valence-corrected chi connectivity index (χ2v) is 5.08. The lowest BCUT2D eigenvalue weighted by Gasteiger charge is -2.27. The highest BCUT2D eigenvalue weighted by atomic mass is 79.9. The highest BCUT2D eigenvalue weighted by molar-refractivity contribution is 9.10. The van der Waals surface area contributed by atoms with E-state index in [1.54, 1.807) is 11.1 Å². The Balaban J connectivity index is 2.13. The molecule has 0 aliphatic carbocycles. The molecule has 1 aliphatic heterocycles. The van der Waals surface area contributed by atoms with Gasteiger partial charge in [0.15, 0.2) is 0 Å². The normalized spacial score (nSPS) is 15.7. The summed E-state index contributed by atoms with van der Waals surface area (Å²) in [6.45, 7) is 0.373. The summed E-state index contributed by atoms with van der Waals surface area (Å²) in [5.41, 5.74) is 1.45. The molecule has 1 saturated heterocycles. The third-order valence-electron chi connectivity index (χ3n) is 3.04. The van der Waals surface area contributed by atoms with Crippen LogP contribution in [0.15, 0.2) is 34.9 Å². The van der Waals surface area contributed by atoms with Crippen LogP contribution in [0, 0.1) is 0 Å². The van der Waals surface area contributed by atoms with Gasteiger partial charge in [0.25, 0.3) is 0 Å². The molecule has 1 fully saturated rings. The lowest BCUT2D eigenvalue weighted by molar-refractivity contribution is -0.120. The Bertz CT molecular complexity index is 687. The van der Waals surface area contributed by atoms with Gasteiger partial charge in [0, 0.05) is 29.0 Å². The zero-order valence-corrected chi connectivity index (χ0v) is 11.5. The van der Waals surface area contributed by atoms with Gasteiger partial charge in [0.2, 0.25) is 5.91 Å². The van der Waals surface area contributed by atoms with Crippen molar-refractivity contribution in [1.29, 1.82) is 0 Å². The quantitative estimate of drug-likeness (QED) is 0.878. The first-order chi connectivity index (χ1) is 9.16. The van der Waals surface area contributed by atoms with Crippen LogP contribution in [-0.4, -0.2) is 23.5 Å². The third kappa shape index (κ3) is 2.08. The minimum absolute atomic E-state index is 0.240. The lowest BCUT2D eigenvalue weighted by atomic mass is 10.1. The van der Waals surface area contributed by atoms with E-state index in [1.807, 2.05) is 24.3 Å². The Morgan fingerprint density at radius 2 is 2.11 bits per heavy atom. The van der Waals surface area contributed by atoms with Gasteiger partial charge in [-0.15, -0.1) is 0 Å². The van der Waals surface area contributed by atoms with Crippen LogP contribution in [-0.2, 0) is 4.79 Å². The van der Waals surface area contributed by atoms with Crippen molar-refractivity contribution in [3.63, 3.8) is 0 Å². The number of halogens is 1. The smallest absolute Gasteiger partial charge is 0.291 e. The van der Waals surface area contributed by atoms with Crippen LogP contribution in [0.1, 0.15) is 6.42 Å². The van der Waals surface area contributed by atoms with E-state index in [9.17, 15) is 9.59 Å². The van der Waals surface area contributed by atoms with Gasteiger partial charge in [-0.3, -0.25) is 20.0 Å². The van der Waals surface area contributed by atoms with Gasteiger partial charge in [-0.05, 0) is 12.1 Å². The number of amides is 3. The van der Waals surface area contributed by atoms with Crippen LogP contribution in [0.5, 0.6) is 0 Å². The number of aromatic nitrogens is 1. The highest BCUT2D eigenvalue weighted by Gasteiger charge is 2.25. The molecule has 0 spiro atoms. The lowest BCUT2D eigenvalue weighted by Crippen LogP contribution is -2.49. The number of pyridine rings is 1. The monoisotopic (exact) mass is 319 g/mol. The molecular weight excluding hydrogens is 310 g/mol. The number of imide groups is 1. The van der Waals surface area contributed by atoms with Gasteiger partial charge >= 0.3 is 6.03 Å². The van der Waals surface area contributed by atoms with Crippen molar-refractivity contribution < 1.29 is 9.59 Å². The molecule has 1 aliphatic rings. The predicted molar refractivity (Wildman–Crippen MR) is 74.9 cm³/mol. The maximum atomic E-state index is 11.9. The number of benzene rings is 1. The summed E-state index contributed by atoms with van der Waals surface area (Å²) in [4.78, 5) is 29.0. The van der Waals surface area contributed by atoms with Crippen LogP contribution in [0.4, 0.5) is 10.5 Å². The SMILES string of the molecule is O=C1CCN(c2cccc3c(Br)ccnc23)C(=O)N1. The number of rotatable bonds is 1. The number of nitrogens with zero attached hydrogens (tertiary/aromatic N) is 2. The van der Waals surface area contributed by atoms with E-state index in [4.69, 9.17) is 0 Å². The second-order valence-electron chi connectivity index (χ2n) is 4.22. The molecule has 2 aromatic rings. The number of carbonyl (C=O) groups excluding carboxylic acids is 2. The summed E-state index contributed by atoms with van der Waals surface area (Å²) in [7, 11) is 0. The minimum Gasteiger partial charge on any atom is -0.291 e. The van der Waals surface area contributed by atoms with Crippen LogP contribution in [0.3, 0.4) is 0 Å². The van der Waals surface area contributed by atoms with E-state index in [-0.39, 0.29) is 5.91 Å². The standard InChI is InChI=1S/C13H10BrN3O2/c14-9-4-6-15-12-8(9)2-1-3-10(12)17-7-5-11(18)16-13(17)19/h1-4,6H,5,7H2,(H,16,18,19). The van der Waals surface area contributed by atoms with Gasteiger partial charge < -0.3 is 0 Å². The molecule has 0 atom stereocenters. The van der Waals surface area contributed by atoms with Crippen LogP contribution >= 0.6 is 15.9 Å². The molecule has 5 nitrogen and oxygen atoms in total. The first-order valence-electron chi connectivity index (χ1n) is 5.81. The van der Waals surface area contributed by atoms with Crippen molar-refractivity contribution in [3.8, 4) is 0 Å². The molecule has 3 rings (SSSR count). The molecule has 1 aromatic carbocycles. The van der Waals surface area contributed by atoms with E-state index in [2.05, 4.69) is 26.2 Å². The number of para-hydroxylation sites is 1. The van der Waals surface area contributed by atoms with Gasteiger partial charge in [0.05, 0.1) is 11.2 Å². The summed E-state index contributed by atoms with van der Waals surface area (Å²) in [5, 5.41) is 3.25. The molecule has 6 heteroatoms. The molecule has 2 heterocycles. The molecule has 0 saturated carbocycles. The first-order valence-corrected chi connectivity index (χ1v) is 6.61. The molecular formula is C13H10BrN3O2. The largest absolute Gasteiger partial charge is 0.328 e. The summed E-state index contributed by atoms with van der Waals surface area (Å²) in [6.07, 6.45) is 1.99. The van der Waals surface area contributed by atoms with Crippen molar-refractivity contribution >= 4 is 44.5 Å². The van der Waals surface area contributed by atoms with Crippen LogP contribution in [0.25, 0.3) is 10.9 Å². The number of anilines is 1. The van der Waals surface area contributed by atoms with E-state index in [0.717, 1.165) is 15.4 Å².